The molecule has 0 spiro atoms. The maximum absolute atomic E-state index is 9.54. The first-order valence-electron chi connectivity index (χ1n) is 4.29. The van der Waals surface area contributed by atoms with Crippen LogP contribution >= 0.6 is 11.3 Å². The number of fused-ring (bicyclic) bond motifs is 1. The van der Waals surface area contributed by atoms with Gasteiger partial charge >= 0.3 is 0 Å². The van der Waals surface area contributed by atoms with E-state index in [4.69, 9.17) is 4.74 Å². The van der Waals surface area contributed by atoms with Crippen molar-refractivity contribution >= 4 is 21.4 Å². The Morgan fingerprint density at radius 2 is 2.21 bits per heavy atom. The van der Waals surface area contributed by atoms with Crippen LogP contribution in [0.5, 0.6) is 17.2 Å². The first-order valence-corrected chi connectivity index (χ1v) is 5.17. The van der Waals surface area contributed by atoms with Crippen LogP contribution in [0.1, 0.15) is 6.92 Å². The molecule has 0 unspecified atom stereocenters. The number of hydrogen-bond donors (Lipinski definition) is 2. The highest BCUT2D eigenvalue weighted by atomic mass is 32.1. The average Bonchev–Trinajstić information content (AvgIpc) is 2.63. The van der Waals surface area contributed by atoms with Crippen molar-refractivity contribution < 1.29 is 14.9 Å². The predicted molar refractivity (Wildman–Crippen MR) is 56.3 cm³/mol. The lowest BCUT2D eigenvalue weighted by atomic mass is 10.2. The van der Waals surface area contributed by atoms with Gasteiger partial charge in [-0.25, -0.2) is 0 Å². The number of hydrogen-bond acceptors (Lipinski definition) is 4. The minimum atomic E-state index is -0.139. The van der Waals surface area contributed by atoms with E-state index < -0.39 is 0 Å². The molecule has 4 heteroatoms. The van der Waals surface area contributed by atoms with E-state index in [-0.39, 0.29) is 11.5 Å². The Bertz CT molecular complexity index is 462. The number of benzene rings is 1. The van der Waals surface area contributed by atoms with E-state index in [0.29, 0.717) is 17.7 Å². The summed E-state index contributed by atoms with van der Waals surface area (Å²) in [5, 5.41) is 21.4. The summed E-state index contributed by atoms with van der Waals surface area (Å²) in [5.41, 5.74) is 0. The topological polar surface area (TPSA) is 49.7 Å². The van der Waals surface area contributed by atoms with Gasteiger partial charge in [0.25, 0.3) is 0 Å². The molecule has 3 nitrogen and oxygen atoms in total. The molecule has 14 heavy (non-hydrogen) atoms. The number of phenols is 2. The molecule has 0 fully saturated rings. The third kappa shape index (κ3) is 1.28. The third-order valence-electron chi connectivity index (χ3n) is 1.95. The van der Waals surface area contributed by atoms with Crippen LogP contribution in [0.4, 0.5) is 0 Å². The monoisotopic (exact) mass is 210 g/mol. The van der Waals surface area contributed by atoms with Gasteiger partial charge in [0.2, 0.25) is 0 Å². The minimum Gasteiger partial charge on any atom is -0.504 e. The van der Waals surface area contributed by atoms with Crippen LogP contribution in [0.2, 0.25) is 0 Å². The predicted octanol–water partition coefficient (Wildman–Crippen LogP) is 2.71. The fourth-order valence-corrected chi connectivity index (χ4v) is 2.21. The first-order chi connectivity index (χ1) is 6.74. The van der Waals surface area contributed by atoms with E-state index in [2.05, 4.69) is 0 Å². The summed E-state index contributed by atoms with van der Waals surface area (Å²) >= 11 is 1.48. The lowest BCUT2D eigenvalue weighted by Gasteiger charge is -2.06. The normalized spacial score (nSPS) is 10.6. The summed E-state index contributed by atoms with van der Waals surface area (Å²) in [6.07, 6.45) is 0. The zero-order valence-corrected chi connectivity index (χ0v) is 8.47. The maximum atomic E-state index is 9.54. The molecule has 0 aliphatic heterocycles. The van der Waals surface area contributed by atoms with E-state index in [1.807, 2.05) is 12.3 Å². The van der Waals surface area contributed by atoms with Crippen molar-refractivity contribution in [3.05, 3.63) is 17.5 Å². The minimum absolute atomic E-state index is 0.0790. The first kappa shape index (κ1) is 9.15. The van der Waals surface area contributed by atoms with Gasteiger partial charge in [-0.15, -0.1) is 11.3 Å². The molecule has 2 N–H and O–H groups in total. The molecule has 0 saturated carbocycles. The fraction of sp³-hybridized carbons (Fsp3) is 0.200. The zero-order chi connectivity index (χ0) is 10.1. The van der Waals surface area contributed by atoms with E-state index >= 15 is 0 Å². The van der Waals surface area contributed by atoms with Crippen molar-refractivity contribution in [2.45, 2.75) is 6.92 Å². The molecule has 2 aromatic rings. The standard InChI is InChI=1S/C10H10O3S/c1-2-13-8-5-7(11)9(12)6-3-4-14-10(6)8/h3-5,11-12H,2H2,1H3. The Hall–Kier alpha value is -1.42. The number of aromatic hydroxyl groups is 2. The molecule has 0 atom stereocenters. The number of ether oxygens (including phenoxy) is 1. The quantitative estimate of drug-likeness (QED) is 0.749. The molecule has 0 saturated heterocycles. The van der Waals surface area contributed by atoms with Crippen molar-refractivity contribution in [1.82, 2.24) is 0 Å². The van der Waals surface area contributed by atoms with Crippen LogP contribution < -0.4 is 4.74 Å². The molecular formula is C10H10O3S. The molecule has 2 rings (SSSR count). The van der Waals surface area contributed by atoms with Gasteiger partial charge in [0, 0.05) is 11.5 Å². The molecule has 0 radical (unpaired) electrons. The van der Waals surface area contributed by atoms with Crippen LogP contribution in [0.15, 0.2) is 17.5 Å². The van der Waals surface area contributed by atoms with E-state index in [1.165, 1.54) is 17.4 Å². The molecule has 1 aromatic heterocycles. The number of thiophene rings is 1. The van der Waals surface area contributed by atoms with Crippen LogP contribution in [0.25, 0.3) is 10.1 Å². The van der Waals surface area contributed by atoms with E-state index in [9.17, 15) is 10.2 Å². The lowest BCUT2D eigenvalue weighted by Crippen LogP contribution is -1.91. The summed E-state index contributed by atoms with van der Waals surface area (Å²) in [6.45, 7) is 2.42. The summed E-state index contributed by atoms with van der Waals surface area (Å²) in [4.78, 5) is 0. The molecule has 0 aliphatic carbocycles. The van der Waals surface area contributed by atoms with Crippen molar-refractivity contribution in [3.63, 3.8) is 0 Å². The van der Waals surface area contributed by atoms with Crippen molar-refractivity contribution in [2.24, 2.45) is 0 Å². The van der Waals surface area contributed by atoms with E-state index in [1.54, 1.807) is 6.07 Å². The SMILES string of the molecule is CCOc1cc(O)c(O)c2ccsc12. The van der Waals surface area contributed by atoms with Crippen molar-refractivity contribution in [1.29, 1.82) is 0 Å². The second kappa shape index (κ2) is 3.38. The van der Waals surface area contributed by atoms with Crippen LogP contribution in [0, 0.1) is 0 Å². The highest BCUT2D eigenvalue weighted by molar-refractivity contribution is 7.17. The molecule has 0 bridgehead atoms. The second-order valence-electron chi connectivity index (χ2n) is 2.84. The summed E-state index contributed by atoms with van der Waals surface area (Å²) in [6, 6.07) is 3.20. The Morgan fingerprint density at radius 1 is 1.43 bits per heavy atom. The molecular weight excluding hydrogens is 200 g/mol. The highest BCUT2D eigenvalue weighted by Crippen LogP contribution is 2.42. The van der Waals surface area contributed by atoms with Gasteiger partial charge in [0.15, 0.2) is 11.5 Å². The molecule has 1 heterocycles. The van der Waals surface area contributed by atoms with Gasteiger partial charge < -0.3 is 14.9 Å². The lowest BCUT2D eigenvalue weighted by molar-refractivity contribution is 0.340. The fourth-order valence-electron chi connectivity index (χ4n) is 1.35. The highest BCUT2D eigenvalue weighted by Gasteiger charge is 2.12. The molecule has 74 valence electrons. The zero-order valence-electron chi connectivity index (χ0n) is 7.65. The third-order valence-corrected chi connectivity index (χ3v) is 2.88. The van der Waals surface area contributed by atoms with Gasteiger partial charge in [-0.05, 0) is 18.4 Å². The Kier molecular flexibility index (Phi) is 2.21. The van der Waals surface area contributed by atoms with Crippen molar-refractivity contribution in [3.8, 4) is 17.2 Å². The number of phenolic OH excluding ortho intramolecular Hbond substituents is 2. The van der Waals surface area contributed by atoms with Crippen LogP contribution in [0.3, 0.4) is 0 Å². The van der Waals surface area contributed by atoms with Gasteiger partial charge in [0.05, 0.1) is 11.3 Å². The van der Waals surface area contributed by atoms with Gasteiger partial charge in [-0.3, -0.25) is 0 Å². The summed E-state index contributed by atoms with van der Waals surface area (Å²) < 4.78 is 6.22. The summed E-state index contributed by atoms with van der Waals surface area (Å²) in [7, 11) is 0. The summed E-state index contributed by atoms with van der Waals surface area (Å²) in [5.74, 6) is 0.400. The smallest absolute Gasteiger partial charge is 0.166 e. The Labute approximate surface area is 85.2 Å². The average molecular weight is 210 g/mol. The molecule has 0 amide bonds. The number of rotatable bonds is 2. The largest absolute Gasteiger partial charge is 0.504 e. The molecule has 0 aliphatic rings. The Morgan fingerprint density at radius 3 is 2.93 bits per heavy atom. The van der Waals surface area contributed by atoms with Crippen molar-refractivity contribution in [2.75, 3.05) is 6.61 Å². The Balaban J connectivity index is 2.71. The second-order valence-corrected chi connectivity index (χ2v) is 3.75. The van der Waals surface area contributed by atoms with E-state index in [0.717, 1.165) is 4.70 Å². The van der Waals surface area contributed by atoms with Gasteiger partial charge in [-0.2, -0.15) is 0 Å². The van der Waals surface area contributed by atoms with Gasteiger partial charge in [0.1, 0.15) is 5.75 Å². The molecule has 1 aromatic carbocycles. The van der Waals surface area contributed by atoms with Crippen LogP contribution in [-0.4, -0.2) is 16.8 Å². The van der Waals surface area contributed by atoms with Crippen LogP contribution in [-0.2, 0) is 0 Å². The van der Waals surface area contributed by atoms with Gasteiger partial charge in [-0.1, -0.05) is 0 Å². The maximum Gasteiger partial charge on any atom is 0.166 e.